The molecule has 0 aliphatic rings. The van der Waals surface area contributed by atoms with Crippen LogP contribution in [0.25, 0.3) is 10.6 Å². The Labute approximate surface area is 126 Å². The van der Waals surface area contributed by atoms with Gasteiger partial charge in [-0.3, -0.25) is 0 Å². The van der Waals surface area contributed by atoms with Crippen LogP contribution in [0.5, 0.6) is 0 Å². The SMILES string of the molecule is CCNCc1nnc(-c2cc(C(F)(F)F)ccc2Br)s1. The number of aromatic nitrogens is 2. The van der Waals surface area contributed by atoms with Gasteiger partial charge in [0.1, 0.15) is 10.0 Å². The summed E-state index contributed by atoms with van der Waals surface area (Å²) in [7, 11) is 0. The minimum atomic E-state index is -4.37. The summed E-state index contributed by atoms with van der Waals surface area (Å²) in [4.78, 5) is 0. The lowest BCUT2D eigenvalue weighted by molar-refractivity contribution is -0.137. The minimum absolute atomic E-state index is 0.403. The van der Waals surface area contributed by atoms with E-state index >= 15 is 0 Å². The Morgan fingerprint density at radius 2 is 2.05 bits per heavy atom. The average molecular weight is 366 g/mol. The minimum Gasteiger partial charge on any atom is -0.311 e. The molecule has 1 aromatic carbocycles. The quantitative estimate of drug-likeness (QED) is 0.886. The molecule has 2 rings (SSSR count). The van der Waals surface area contributed by atoms with Crippen molar-refractivity contribution in [3.05, 3.63) is 33.2 Å². The fourth-order valence-electron chi connectivity index (χ4n) is 1.53. The van der Waals surface area contributed by atoms with Crippen LogP contribution in [0.4, 0.5) is 13.2 Å². The Bertz CT molecular complexity index is 598. The number of benzene rings is 1. The van der Waals surface area contributed by atoms with Crippen LogP contribution in [0, 0.1) is 0 Å². The first-order valence-corrected chi connectivity index (χ1v) is 7.43. The largest absolute Gasteiger partial charge is 0.416 e. The topological polar surface area (TPSA) is 37.8 Å². The fourth-order valence-corrected chi connectivity index (χ4v) is 2.94. The third-order valence-electron chi connectivity index (χ3n) is 2.52. The second-order valence-corrected chi connectivity index (χ2v) is 5.89. The predicted molar refractivity (Wildman–Crippen MR) is 75.4 cm³/mol. The highest BCUT2D eigenvalue weighted by Gasteiger charge is 2.31. The van der Waals surface area contributed by atoms with Gasteiger partial charge in [-0.2, -0.15) is 13.2 Å². The highest BCUT2D eigenvalue weighted by Crippen LogP contribution is 2.36. The maximum Gasteiger partial charge on any atom is 0.416 e. The zero-order chi connectivity index (χ0) is 14.8. The second kappa shape index (κ2) is 6.19. The van der Waals surface area contributed by atoms with Crippen molar-refractivity contribution < 1.29 is 13.2 Å². The molecule has 20 heavy (non-hydrogen) atoms. The number of nitrogens with zero attached hydrogens (tertiary/aromatic N) is 2. The Kier molecular flexibility index (Phi) is 4.77. The van der Waals surface area contributed by atoms with Gasteiger partial charge in [0, 0.05) is 16.6 Å². The Hall–Kier alpha value is -0.990. The molecule has 0 saturated carbocycles. The van der Waals surface area contributed by atoms with E-state index < -0.39 is 11.7 Å². The van der Waals surface area contributed by atoms with Crippen LogP contribution in [-0.2, 0) is 12.7 Å². The van der Waals surface area contributed by atoms with Crippen LogP contribution in [0.3, 0.4) is 0 Å². The zero-order valence-electron chi connectivity index (χ0n) is 10.5. The number of hydrogen-bond acceptors (Lipinski definition) is 4. The van der Waals surface area contributed by atoms with Gasteiger partial charge in [0.2, 0.25) is 0 Å². The van der Waals surface area contributed by atoms with Crippen LogP contribution < -0.4 is 5.32 Å². The first kappa shape index (κ1) is 15.4. The van der Waals surface area contributed by atoms with Crippen LogP contribution in [0.1, 0.15) is 17.5 Å². The number of nitrogens with one attached hydrogen (secondary N) is 1. The van der Waals surface area contributed by atoms with Crippen LogP contribution in [-0.4, -0.2) is 16.7 Å². The predicted octanol–water partition coefficient (Wildman–Crippen LogP) is 4.10. The summed E-state index contributed by atoms with van der Waals surface area (Å²) in [6, 6.07) is 3.50. The first-order chi connectivity index (χ1) is 9.41. The summed E-state index contributed by atoms with van der Waals surface area (Å²) in [5.74, 6) is 0. The molecule has 108 valence electrons. The van der Waals surface area contributed by atoms with Crippen molar-refractivity contribution in [3.8, 4) is 10.6 Å². The number of halogens is 4. The summed E-state index contributed by atoms with van der Waals surface area (Å²) in [5.41, 5.74) is -0.292. The Morgan fingerprint density at radius 3 is 2.70 bits per heavy atom. The van der Waals surface area contributed by atoms with Gasteiger partial charge in [-0.15, -0.1) is 10.2 Å². The smallest absolute Gasteiger partial charge is 0.311 e. The van der Waals surface area contributed by atoms with Crippen molar-refractivity contribution in [1.29, 1.82) is 0 Å². The molecule has 0 saturated heterocycles. The standard InChI is InChI=1S/C12H11BrF3N3S/c1-2-17-6-10-18-19-11(20-10)8-5-7(12(14,15)16)3-4-9(8)13/h3-5,17H,2,6H2,1H3. The highest BCUT2D eigenvalue weighted by molar-refractivity contribution is 9.10. The summed E-state index contributed by atoms with van der Waals surface area (Å²) in [6.45, 7) is 3.32. The van der Waals surface area contributed by atoms with E-state index in [1.54, 1.807) is 0 Å². The van der Waals surface area contributed by atoms with E-state index in [-0.39, 0.29) is 0 Å². The molecule has 1 aromatic heterocycles. The van der Waals surface area contributed by atoms with E-state index in [1.807, 2.05) is 6.92 Å². The monoisotopic (exact) mass is 365 g/mol. The molecule has 0 aliphatic heterocycles. The van der Waals surface area contributed by atoms with E-state index in [0.717, 1.165) is 23.7 Å². The van der Waals surface area contributed by atoms with E-state index in [4.69, 9.17) is 0 Å². The number of hydrogen-bond donors (Lipinski definition) is 1. The third-order valence-corrected chi connectivity index (χ3v) is 4.17. The maximum atomic E-state index is 12.7. The molecule has 0 atom stereocenters. The van der Waals surface area contributed by atoms with E-state index in [9.17, 15) is 13.2 Å². The summed E-state index contributed by atoms with van der Waals surface area (Å²) in [5, 5.41) is 12.2. The molecular formula is C12H11BrF3N3S. The van der Waals surface area contributed by atoms with Crippen molar-refractivity contribution in [2.75, 3.05) is 6.54 Å². The normalized spacial score (nSPS) is 11.8. The van der Waals surface area contributed by atoms with Crippen molar-refractivity contribution in [1.82, 2.24) is 15.5 Å². The molecule has 1 N–H and O–H groups in total. The molecule has 0 bridgehead atoms. The first-order valence-electron chi connectivity index (χ1n) is 5.82. The lowest BCUT2D eigenvalue weighted by Gasteiger charge is -2.08. The van der Waals surface area contributed by atoms with Crippen LogP contribution in [0.2, 0.25) is 0 Å². The lowest BCUT2D eigenvalue weighted by Crippen LogP contribution is -2.11. The van der Waals surface area contributed by atoms with Crippen LogP contribution in [0.15, 0.2) is 22.7 Å². The Balaban J connectivity index is 2.34. The highest BCUT2D eigenvalue weighted by atomic mass is 79.9. The fraction of sp³-hybridized carbons (Fsp3) is 0.333. The average Bonchev–Trinajstić information content (AvgIpc) is 2.84. The van der Waals surface area contributed by atoms with Gasteiger partial charge in [-0.1, -0.05) is 34.2 Å². The van der Waals surface area contributed by atoms with Crippen molar-refractivity contribution >= 4 is 27.3 Å². The molecular weight excluding hydrogens is 355 g/mol. The Morgan fingerprint density at radius 1 is 1.30 bits per heavy atom. The molecule has 2 aromatic rings. The van der Waals surface area contributed by atoms with E-state index in [0.29, 0.717) is 21.6 Å². The van der Waals surface area contributed by atoms with Gasteiger partial charge >= 0.3 is 6.18 Å². The van der Waals surface area contributed by atoms with Gasteiger partial charge in [0.05, 0.1) is 5.56 Å². The van der Waals surface area contributed by atoms with Gasteiger partial charge in [0.15, 0.2) is 0 Å². The molecule has 0 fully saturated rings. The van der Waals surface area contributed by atoms with Crippen molar-refractivity contribution in [2.24, 2.45) is 0 Å². The maximum absolute atomic E-state index is 12.7. The zero-order valence-corrected chi connectivity index (χ0v) is 12.9. The molecule has 0 spiro atoms. The molecule has 8 heteroatoms. The van der Waals surface area contributed by atoms with Gasteiger partial charge in [-0.25, -0.2) is 0 Å². The second-order valence-electron chi connectivity index (χ2n) is 3.97. The molecule has 0 radical (unpaired) electrons. The third kappa shape index (κ3) is 3.56. The van der Waals surface area contributed by atoms with E-state index in [2.05, 4.69) is 31.4 Å². The number of alkyl halides is 3. The number of rotatable bonds is 4. The molecule has 1 heterocycles. The van der Waals surface area contributed by atoms with Gasteiger partial charge in [-0.05, 0) is 24.7 Å². The summed E-state index contributed by atoms with van der Waals surface area (Å²) in [6.07, 6.45) is -4.37. The van der Waals surface area contributed by atoms with Crippen molar-refractivity contribution in [2.45, 2.75) is 19.6 Å². The summed E-state index contributed by atoms with van der Waals surface area (Å²) < 4.78 is 38.8. The van der Waals surface area contributed by atoms with Crippen LogP contribution >= 0.6 is 27.3 Å². The van der Waals surface area contributed by atoms with Gasteiger partial charge in [0.25, 0.3) is 0 Å². The molecule has 0 unspecified atom stereocenters. The lowest BCUT2D eigenvalue weighted by atomic mass is 10.1. The summed E-state index contributed by atoms with van der Waals surface area (Å²) >= 11 is 4.53. The molecule has 0 amide bonds. The molecule has 0 aliphatic carbocycles. The molecule has 3 nitrogen and oxygen atoms in total. The van der Waals surface area contributed by atoms with Gasteiger partial charge < -0.3 is 5.32 Å². The van der Waals surface area contributed by atoms with Crippen molar-refractivity contribution in [3.63, 3.8) is 0 Å². The van der Waals surface area contributed by atoms with E-state index in [1.165, 1.54) is 17.4 Å².